The molecular formula is C21H29N5O5S. The first-order valence-electron chi connectivity index (χ1n) is 10.6. The van der Waals surface area contributed by atoms with E-state index in [2.05, 4.69) is 25.8 Å². The van der Waals surface area contributed by atoms with Crippen LogP contribution in [-0.2, 0) is 25.8 Å². The van der Waals surface area contributed by atoms with Crippen LogP contribution < -0.4 is 10.6 Å². The second-order valence-electron chi connectivity index (χ2n) is 8.13. The number of ether oxygens (including phenoxy) is 1. The molecule has 3 rings (SSSR count). The van der Waals surface area contributed by atoms with Crippen molar-refractivity contribution in [3.63, 3.8) is 0 Å². The van der Waals surface area contributed by atoms with Crippen molar-refractivity contribution < 1.29 is 22.7 Å². The second-order valence-corrected chi connectivity index (χ2v) is 10.1. The molecule has 1 saturated carbocycles. The van der Waals surface area contributed by atoms with E-state index in [0.29, 0.717) is 23.7 Å². The van der Waals surface area contributed by atoms with Crippen LogP contribution in [0.3, 0.4) is 0 Å². The molecule has 11 heteroatoms. The predicted octanol–water partition coefficient (Wildman–Crippen LogP) is 2.47. The molecule has 0 aliphatic heterocycles. The summed E-state index contributed by atoms with van der Waals surface area (Å²) in [6, 6.07) is 3.41. The third kappa shape index (κ3) is 6.28. The van der Waals surface area contributed by atoms with Crippen LogP contribution in [0.5, 0.6) is 0 Å². The molecule has 1 aliphatic rings. The Morgan fingerprint density at radius 2 is 2.06 bits per heavy atom. The Hall–Kier alpha value is -2.95. The molecule has 0 spiro atoms. The zero-order valence-electron chi connectivity index (χ0n) is 18.5. The lowest BCUT2D eigenvalue weighted by atomic mass is 10.0. The van der Waals surface area contributed by atoms with Crippen molar-refractivity contribution in [3.8, 4) is 0 Å². The smallest absolute Gasteiger partial charge is 0.407 e. The van der Waals surface area contributed by atoms with Crippen molar-refractivity contribution in [2.75, 3.05) is 18.2 Å². The maximum atomic E-state index is 12.5. The van der Waals surface area contributed by atoms with Crippen molar-refractivity contribution >= 4 is 27.7 Å². The molecule has 3 N–H and O–H groups in total. The van der Waals surface area contributed by atoms with Crippen LogP contribution in [0.25, 0.3) is 0 Å². The molecule has 2 unspecified atom stereocenters. The number of nitrogens with one attached hydrogen (secondary N) is 3. The summed E-state index contributed by atoms with van der Waals surface area (Å²) in [5, 5.41) is 12.7. The molecule has 2 aromatic heterocycles. The number of sulfone groups is 1. The van der Waals surface area contributed by atoms with E-state index in [9.17, 15) is 18.0 Å². The van der Waals surface area contributed by atoms with Crippen LogP contribution in [0.1, 0.15) is 55.5 Å². The second kappa shape index (κ2) is 10.1. The molecule has 0 radical (unpaired) electrons. The molecule has 10 nitrogen and oxygen atoms in total. The van der Waals surface area contributed by atoms with Gasteiger partial charge in [-0.2, -0.15) is 5.10 Å². The molecule has 2 aromatic rings. The Morgan fingerprint density at radius 3 is 2.78 bits per heavy atom. The number of aromatic nitrogens is 3. The summed E-state index contributed by atoms with van der Waals surface area (Å²) in [6.07, 6.45) is 5.12. The minimum atomic E-state index is -3.50. The van der Waals surface area contributed by atoms with Crippen LogP contribution >= 0.6 is 0 Å². The number of anilines is 1. The number of carbonyl (C=O) groups is 2. The van der Waals surface area contributed by atoms with Gasteiger partial charge < -0.3 is 15.4 Å². The molecule has 174 valence electrons. The van der Waals surface area contributed by atoms with Gasteiger partial charge in [-0.1, -0.05) is 6.92 Å². The Labute approximate surface area is 187 Å². The average molecular weight is 464 g/mol. The van der Waals surface area contributed by atoms with Crippen LogP contribution in [0.2, 0.25) is 0 Å². The fourth-order valence-corrected chi connectivity index (χ4v) is 4.70. The third-order valence-corrected chi connectivity index (χ3v) is 6.50. The highest BCUT2D eigenvalue weighted by Crippen LogP contribution is 2.34. The highest BCUT2D eigenvalue weighted by Gasteiger charge is 2.29. The van der Waals surface area contributed by atoms with Gasteiger partial charge in [-0.3, -0.25) is 14.9 Å². The number of H-pyrrole nitrogens is 1. The van der Waals surface area contributed by atoms with Gasteiger partial charge in [0.1, 0.15) is 0 Å². The molecule has 2 amide bonds. The standard InChI is InChI=1S/C21H29N5O5S/c1-4-7-31-21(28)23-16-6-5-14(9-16)17-11-19(26-25-17)24-20(27)10-15-8-13(2)22-12-18(15)32(3,29)30/h8,11-12,14,16H,4-7,9-10H2,1-3H3,(H,23,28)(H2,24,25,26,27). The van der Waals surface area contributed by atoms with Gasteiger partial charge in [-0.15, -0.1) is 0 Å². The lowest BCUT2D eigenvalue weighted by molar-refractivity contribution is -0.115. The highest BCUT2D eigenvalue weighted by atomic mass is 32.2. The summed E-state index contributed by atoms with van der Waals surface area (Å²) in [6.45, 7) is 4.08. The average Bonchev–Trinajstić information content (AvgIpc) is 3.34. The molecule has 0 aromatic carbocycles. The number of alkyl carbamates (subject to hydrolysis) is 1. The van der Waals surface area contributed by atoms with Crippen molar-refractivity contribution in [2.24, 2.45) is 0 Å². The monoisotopic (exact) mass is 463 g/mol. The Balaban J connectivity index is 1.58. The van der Waals surface area contributed by atoms with Gasteiger partial charge >= 0.3 is 6.09 Å². The predicted molar refractivity (Wildman–Crippen MR) is 118 cm³/mol. The minimum absolute atomic E-state index is 0.0371. The van der Waals surface area contributed by atoms with Crippen LogP contribution in [0, 0.1) is 6.92 Å². The van der Waals surface area contributed by atoms with Gasteiger partial charge in [-0.25, -0.2) is 13.2 Å². The summed E-state index contributed by atoms with van der Waals surface area (Å²) in [5.41, 5.74) is 1.90. The van der Waals surface area contributed by atoms with Crippen LogP contribution in [-0.4, -0.2) is 54.5 Å². The van der Waals surface area contributed by atoms with Crippen molar-refractivity contribution in [3.05, 3.63) is 35.3 Å². The van der Waals surface area contributed by atoms with Gasteiger partial charge in [0.25, 0.3) is 0 Å². The number of amides is 2. The largest absolute Gasteiger partial charge is 0.450 e. The van der Waals surface area contributed by atoms with Gasteiger partial charge in [0.05, 0.1) is 17.9 Å². The lowest BCUT2D eigenvalue weighted by Crippen LogP contribution is -2.33. The van der Waals surface area contributed by atoms with E-state index in [0.717, 1.165) is 37.6 Å². The van der Waals surface area contributed by atoms with Crippen molar-refractivity contribution in [1.82, 2.24) is 20.5 Å². The molecule has 0 saturated heterocycles. The Morgan fingerprint density at radius 1 is 1.28 bits per heavy atom. The number of hydrogen-bond donors (Lipinski definition) is 3. The molecule has 1 aliphatic carbocycles. The molecule has 2 atom stereocenters. The number of hydrogen-bond acceptors (Lipinski definition) is 7. The van der Waals surface area contributed by atoms with E-state index in [1.807, 2.05) is 6.92 Å². The van der Waals surface area contributed by atoms with E-state index >= 15 is 0 Å². The van der Waals surface area contributed by atoms with Crippen molar-refractivity contribution in [1.29, 1.82) is 0 Å². The van der Waals surface area contributed by atoms with E-state index < -0.39 is 15.9 Å². The number of rotatable bonds is 8. The molecule has 32 heavy (non-hydrogen) atoms. The van der Waals surface area contributed by atoms with Gasteiger partial charge in [0.15, 0.2) is 15.7 Å². The van der Waals surface area contributed by atoms with Crippen LogP contribution in [0.15, 0.2) is 23.2 Å². The zero-order valence-corrected chi connectivity index (χ0v) is 19.3. The number of pyridine rings is 1. The fourth-order valence-electron chi connectivity index (χ4n) is 3.84. The SMILES string of the molecule is CCCOC(=O)NC1CCC(c2cc(NC(=O)Cc3cc(C)ncc3S(C)(=O)=O)n[nH]2)C1. The van der Waals surface area contributed by atoms with Gasteiger partial charge in [0, 0.05) is 41.9 Å². The highest BCUT2D eigenvalue weighted by molar-refractivity contribution is 7.90. The number of aryl methyl sites for hydroxylation is 1. The van der Waals surface area contributed by atoms with E-state index in [4.69, 9.17) is 4.74 Å². The molecule has 1 fully saturated rings. The Kier molecular flexibility index (Phi) is 7.49. The first-order chi connectivity index (χ1) is 15.2. The van der Waals surface area contributed by atoms with E-state index in [1.54, 1.807) is 19.1 Å². The normalized spacial score (nSPS) is 18.3. The summed E-state index contributed by atoms with van der Waals surface area (Å²) in [4.78, 5) is 28.3. The number of nitrogens with zero attached hydrogens (tertiary/aromatic N) is 2. The minimum Gasteiger partial charge on any atom is -0.450 e. The molecular weight excluding hydrogens is 434 g/mol. The quantitative estimate of drug-likeness (QED) is 0.545. The number of aromatic amines is 1. The topological polar surface area (TPSA) is 143 Å². The summed E-state index contributed by atoms with van der Waals surface area (Å²) in [5.74, 6) is 0.183. The number of carbonyl (C=O) groups excluding carboxylic acids is 2. The first kappa shape index (κ1) is 23.7. The molecule has 2 heterocycles. The summed E-state index contributed by atoms with van der Waals surface area (Å²) >= 11 is 0. The van der Waals surface area contributed by atoms with E-state index in [1.165, 1.54) is 6.20 Å². The van der Waals surface area contributed by atoms with Gasteiger partial charge in [0.2, 0.25) is 5.91 Å². The lowest BCUT2D eigenvalue weighted by Gasteiger charge is -2.12. The fraction of sp³-hybridized carbons (Fsp3) is 0.524. The van der Waals surface area contributed by atoms with Crippen molar-refractivity contribution in [2.45, 2.75) is 62.8 Å². The van der Waals surface area contributed by atoms with Crippen LogP contribution in [0.4, 0.5) is 10.6 Å². The maximum absolute atomic E-state index is 12.5. The Bertz CT molecular complexity index is 1080. The summed E-state index contributed by atoms with van der Waals surface area (Å²) in [7, 11) is -3.50. The summed E-state index contributed by atoms with van der Waals surface area (Å²) < 4.78 is 29.0. The third-order valence-electron chi connectivity index (χ3n) is 5.33. The zero-order chi connectivity index (χ0) is 23.3. The van der Waals surface area contributed by atoms with Gasteiger partial charge in [-0.05, 0) is 44.2 Å². The first-order valence-corrected chi connectivity index (χ1v) is 12.5. The molecule has 0 bridgehead atoms. The van der Waals surface area contributed by atoms with E-state index in [-0.39, 0.29) is 29.2 Å². The maximum Gasteiger partial charge on any atom is 0.407 e.